The van der Waals surface area contributed by atoms with E-state index in [2.05, 4.69) is 42.3 Å². The lowest BCUT2D eigenvalue weighted by Crippen LogP contribution is -2.30. The summed E-state index contributed by atoms with van der Waals surface area (Å²) in [4.78, 5) is 16.7. The highest BCUT2D eigenvalue weighted by Crippen LogP contribution is 2.17. The number of benzene rings is 1. The van der Waals surface area contributed by atoms with Gasteiger partial charge in [-0.3, -0.25) is 4.79 Å². The van der Waals surface area contributed by atoms with Crippen LogP contribution < -0.4 is 5.32 Å². The van der Waals surface area contributed by atoms with Crippen molar-refractivity contribution in [1.82, 2.24) is 14.9 Å². The molecule has 2 atom stereocenters. The van der Waals surface area contributed by atoms with Gasteiger partial charge in [0.25, 0.3) is 0 Å². The SMILES string of the molecule is CCO[C@@H](C)c1nccn1CC(=O)N[C@H](C)c1ccc(C)c(C)c1. The van der Waals surface area contributed by atoms with Crippen molar-refractivity contribution in [2.45, 2.75) is 53.3 Å². The average molecular weight is 329 g/mol. The van der Waals surface area contributed by atoms with Gasteiger partial charge < -0.3 is 14.6 Å². The van der Waals surface area contributed by atoms with Crippen LogP contribution in [-0.4, -0.2) is 22.1 Å². The average Bonchev–Trinajstić information content (AvgIpc) is 2.98. The molecular weight excluding hydrogens is 302 g/mol. The molecule has 1 aromatic carbocycles. The fraction of sp³-hybridized carbons (Fsp3) is 0.474. The van der Waals surface area contributed by atoms with E-state index in [-0.39, 0.29) is 24.6 Å². The minimum Gasteiger partial charge on any atom is -0.371 e. The van der Waals surface area contributed by atoms with E-state index in [1.807, 2.05) is 31.5 Å². The van der Waals surface area contributed by atoms with Crippen molar-refractivity contribution in [3.63, 3.8) is 0 Å². The molecule has 1 amide bonds. The summed E-state index contributed by atoms with van der Waals surface area (Å²) >= 11 is 0. The molecule has 0 radical (unpaired) electrons. The van der Waals surface area contributed by atoms with Crippen LogP contribution in [0.15, 0.2) is 30.6 Å². The predicted octanol–water partition coefficient (Wildman–Crippen LogP) is 3.47. The molecule has 1 aromatic heterocycles. The Morgan fingerprint density at radius 1 is 1.29 bits per heavy atom. The van der Waals surface area contributed by atoms with Crippen molar-refractivity contribution in [2.24, 2.45) is 0 Å². The smallest absolute Gasteiger partial charge is 0.240 e. The Hall–Kier alpha value is -2.14. The van der Waals surface area contributed by atoms with E-state index in [0.717, 1.165) is 11.4 Å². The Morgan fingerprint density at radius 3 is 2.71 bits per heavy atom. The summed E-state index contributed by atoms with van der Waals surface area (Å²) in [6.45, 7) is 10.9. The molecule has 0 saturated heterocycles. The summed E-state index contributed by atoms with van der Waals surface area (Å²) in [6, 6.07) is 6.24. The van der Waals surface area contributed by atoms with E-state index in [4.69, 9.17) is 4.74 Å². The minimum absolute atomic E-state index is 0.0342. The molecule has 0 bridgehead atoms. The van der Waals surface area contributed by atoms with Gasteiger partial charge in [-0.1, -0.05) is 18.2 Å². The van der Waals surface area contributed by atoms with E-state index < -0.39 is 0 Å². The highest BCUT2D eigenvalue weighted by molar-refractivity contribution is 5.76. The molecule has 2 aromatic rings. The van der Waals surface area contributed by atoms with Crippen LogP contribution in [0.2, 0.25) is 0 Å². The lowest BCUT2D eigenvalue weighted by atomic mass is 10.0. The topological polar surface area (TPSA) is 56.2 Å². The first-order valence-electron chi connectivity index (χ1n) is 8.41. The number of rotatable bonds is 7. The molecule has 0 fully saturated rings. The molecule has 5 heteroatoms. The number of hydrogen-bond acceptors (Lipinski definition) is 3. The maximum atomic E-state index is 12.4. The molecule has 24 heavy (non-hydrogen) atoms. The number of aryl methyl sites for hydroxylation is 2. The second-order valence-corrected chi connectivity index (χ2v) is 6.14. The van der Waals surface area contributed by atoms with E-state index in [0.29, 0.717) is 6.61 Å². The van der Waals surface area contributed by atoms with Crippen LogP contribution in [0, 0.1) is 13.8 Å². The van der Waals surface area contributed by atoms with E-state index >= 15 is 0 Å². The van der Waals surface area contributed by atoms with Crippen molar-refractivity contribution < 1.29 is 9.53 Å². The van der Waals surface area contributed by atoms with Crippen LogP contribution in [0.5, 0.6) is 0 Å². The lowest BCUT2D eigenvalue weighted by Gasteiger charge is -2.17. The summed E-state index contributed by atoms with van der Waals surface area (Å²) < 4.78 is 7.40. The van der Waals surface area contributed by atoms with Crippen LogP contribution in [0.4, 0.5) is 0 Å². The molecule has 130 valence electrons. The van der Waals surface area contributed by atoms with E-state index in [1.54, 1.807) is 6.20 Å². The predicted molar refractivity (Wildman–Crippen MR) is 94.7 cm³/mol. The Balaban J connectivity index is 2.00. The number of hydrogen-bond donors (Lipinski definition) is 1. The number of ether oxygens (including phenoxy) is 1. The van der Waals surface area contributed by atoms with Gasteiger partial charge >= 0.3 is 0 Å². The van der Waals surface area contributed by atoms with Crippen LogP contribution in [0.1, 0.15) is 55.4 Å². The summed E-state index contributed by atoms with van der Waals surface area (Å²) in [5.74, 6) is 0.731. The van der Waals surface area contributed by atoms with Crippen LogP contribution in [0.25, 0.3) is 0 Å². The third-order valence-corrected chi connectivity index (χ3v) is 4.25. The largest absolute Gasteiger partial charge is 0.371 e. The van der Waals surface area contributed by atoms with Crippen molar-refractivity contribution in [1.29, 1.82) is 0 Å². The number of nitrogens with zero attached hydrogens (tertiary/aromatic N) is 2. The zero-order valence-corrected chi connectivity index (χ0v) is 15.2. The van der Waals surface area contributed by atoms with Crippen molar-refractivity contribution in [3.05, 3.63) is 53.1 Å². The van der Waals surface area contributed by atoms with Gasteiger partial charge in [-0.05, 0) is 51.3 Å². The molecule has 0 aliphatic carbocycles. The Labute approximate surface area is 144 Å². The maximum Gasteiger partial charge on any atom is 0.240 e. The third-order valence-electron chi connectivity index (χ3n) is 4.25. The molecule has 0 aliphatic rings. The normalized spacial score (nSPS) is 13.5. The molecule has 0 spiro atoms. The molecule has 1 heterocycles. The summed E-state index contributed by atoms with van der Waals surface area (Å²) in [7, 11) is 0. The number of amides is 1. The second-order valence-electron chi connectivity index (χ2n) is 6.14. The molecule has 0 saturated carbocycles. The van der Waals surface area contributed by atoms with Gasteiger partial charge in [0, 0.05) is 19.0 Å². The first-order valence-corrected chi connectivity index (χ1v) is 8.41. The van der Waals surface area contributed by atoms with Crippen molar-refractivity contribution in [2.75, 3.05) is 6.61 Å². The van der Waals surface area contributed by atoms with Gasteiger partial charge in [0.15, 0.2) is 0 Å². The van der Waals surface area contributed by atoms with E-state index in [1.165, 1.54) is 11.1 Å². The maximum absolute atomic E-state index is 12.4. The van der Waals surface area contributed by atoms with Gasteiger partial charge in [0.1, 0.15) is 18.5 Å². The van der Waals surface area contributed by atoms with Crippen LogP contribution in [0.3, 0.4) is 0 Å². The van der Waals surface area contributed by atoms with Crippen LogP contribution >= 0.6 is 0 Å². The standard InChI is InChI=1S/C19H27N3O2/c1-6-24-16(5)19-20-9-10-22(19)12-18(23)21-15(4)17-8-7-13(2)14(3)11-17/h7-11,15-16H,6,12H2,1-5H3,(H,21,23)/t15-,16+/m1/s1. The van der Waals surface area contributed by atoms with E-state index in [9.17, 15) is 4.79 Å². The Bertz CT molecular complexity index is 694. The minimum atomic E-state index is -0.130. The van der Waals surface area contributed by atoms with Crippen molar-refractivity contribution >= 4 is 5.91 Å². The highest BCUT2D eigenvalue weighted by Gasteiger charge is 2.16. The monoisotopic (exact) mass is 329 g/mol. The Morgan fingerprint density at radius 2 is 2.04 bits per heavy atom. The van der Waals surface area contributed by atoms with Gasteiger partial charge in [0.05, 0.1) is 6.04 Å². The van der Waals surface area contributed by atoms with Gasteiger partial charge in [-0.15, -0.1) is 0 Å². The molecule has 0 unspecified atom stereocenters. The molecule has 2 rings (SSSR count). The highest BCUT2D eigenvalue weighted by atomic mass is 16.5. The first-order chi connectivity index (χ1) is 11.4. The molecule has 1 N–H and O–H groups in total. The fourth-order valence-electron chi connectivity index (χ4n) is 2.70. The van der Waals surface area contributed by atoms with Gasteiger partial charge in [0.2, 0.25) is 5.91 Å². The quantitative estimate of drug-likeness (QED) is 0.846. The summed E-state index contributed by atoms with van der Waals surface area (Å²) in [6.07, 6.45) is 3.38. The summed E-state index contributed by atoms with van der Waals surface area (Å²) in [5.41, 5.74) is 3.60. The number of carbonyl (C=O) groups excluding carboxylic acids is 1. The Kier molecular flexibility index (Phi) is 6.15. The van der Waals surface area contributed by atoms with Crippen LogP contribution in [-0.2, 0) is 16.1 Å². The zero-order chi connectivity index (χ0) is 17.7. The molecule has 0 aliphatic heterocycles. The van der Waals surface area contributed by atoms with Crippen molar-refractivity contribution in [3.8, 4) is 0 Å². The number of carbonyl (C=O) groups is 1. The lowest BCUT2D eigenvalue weighted by molar-refractivity contribution is -0.122. The molecular formula is C19H27N3O2. The summed E-state index contributed by atoms with van der Waals surface area (Å²) in [5, 5.41) is 3.05. The number of nitrogens with one attached hydrogen (secondary N) is 1. The first kappa shape index (κ1) is 18.2. The number of aromatic nitrogens is 2. The van der Waals surface area contributed by atoms with Gasteiger partial charge in [-0.25, -0.2) is 4.98 Å². The third kappa shape index (κ3) is 4.45. The second kappa shape index (κ2) is 8.11. The number of imidazole rings is 1. The zero-order valence-electron chi connectivity index (χ0n) is 15.2. The fourth-order valence-corrected chi connectivity index (χ4v) is 2.70. The molecule has 5 nitrogen and oxygen atoms in total. The van der Waals surface area contributed by atoms with Gasteiger partial charge in [-0.2, -0.15) is 0 Å².